The third-order valence-electron chi connectivity index (χ3n) is 17.5. The largest absolute Gasteiger partial charge is 0.472 e. The van der Waals surface area contributed by atoms with E-state index in [-0.39, 0.29) is 25.7 Å². The molecular formula is C73H142O17P2. The highest BCUT2D eigenvalue weighted by atomic mass is 31.2. The summed E-state index contributed by atoms with van der Waals surface area (Å²) in [5.74, 6) is 0.924. The lowest BCUT2D eigenvalue weighted by Crippen LogP contribution is -2.30. The number of hydrogen-bond acceptors (Lipinski definition) is 15. The molecule has 0 rings (SSSR count). The molecule has 546 valence electrons. The summed E-state index contributed by atoms with van der Waals surface area (Å²) in [4.78, 5) is 72.7. The first-order valence-corrected chi connectivity index (χ1v) is 40.8. The van der Waals surface area contributed by atoms with Crippen LogP contribution in [0.1, 0.15) is 364 Å². The molecule has 0 bridgehead atoms. The third-order valence-corrected chi connectivity index (χ3v) is 19.4. The SMILES string of the molecule is CCC(C)CCCCCCCCCCCCC(=O)O[C@H](COC(=O)CCCCCCCCCCCCCCCCC(C)C)COP(=O)(O)OC[C@@H](O)COP(=O)(O)OC[C@@H](COC(=O)CCCCCCCCC(C)CC)OC(=O)CCCCCCCCCCC(C)C. The Labute approximate surface area is 562 Å². The first kappa shape index (κ1) is 90.1. The van der Waals surface area contributed by atoms with Crippen LogP contribution < -0.4 is 0 Å². The fraction of sp³-hybridized carbons (Fsp3) is 0.945. The highest BCUT2D eigenvalue weighted by molar-refractivity contribution is 7.47. The number of aliphatic hydroxyl groups is 1. The van der Waals surface area contributed by atoms with E-state index in [0.717, 1.165) is 120 Å². The van der Waals surface area contributed by atoms with Crippen molar-refractivity contribution in [3.05, 3.63) is 0 Å². The minimum absolute atomic E-state index is 0.103. The van der Waals surface area contributed by atoms with E-state index in [1.807, 2.05) is 0 Å². The number of unbranched alkanes of at least 4 members (excludes halogenated alkanes) is 34. The van der Waals surface area contributed by atoms with Gasteiger partial charge in [0, 0.05) is 25.7 Å². The summed E-state index contributed by atoms with van der Waals surface area (Å²) in [6, 6.07) is 0. The highest BCUT2D eigenvalue weighted by Crippen LogP contribution is 2.45. The number of esters is 4. The summed E-state index contributed by atoms with van der Waals surface area (Å²) in [5.41, 5.74) is 0. The van der Waals surface area contributed by atoms with E-state index in [2.05, 4.69) is 55.4 Å². The average molecular weight is 1350 g/mol. The summed E-state index contributed by atoms with van der Waals surface area (Å²) in [6.45, 7) is 14.1. The molecule has 0 aliphatic rings. The van der Waals surface area contributed by atoms with Crippen molar-refractivity contribution in [1.82, 2.24) is 0 Å². The summed E-state index contributed by atoms with van der Waals surface area (Å²) in [5, 5.41) is 10.6. The van der Waals surface area contributed by atoms with Crippen molar-refractivity contribution >= 4 is 39.5 Å². The fourth-order valence-electron chi connectivity index (χ4n) is 11.0. The maximum atomic E-state index is 13.1. The molecule has 0 heterocycles. The molecule has 0 amide bonds. The standard InChI is InChI=1S/C73H142O17P2/c1-9-65(7)51-43-35-27-20-17-18-22-29-39-47-55-72(77)89-68(59-83-70(75)53-45-37-28-21-16-14-12-11-13-15-19-25-33-41-49-63(3)4)61-87-91(79,80)85-57-67(74)58-86-92(81,82)88-62-69(60-84-71(76)54-46-38-32-31-36-44-52-66(8)10-2)90-73(78)56-48-40-30-24-23-26-34-42-50-64(5)6/h63-69,74H,9-62H2,1-8H3,(H,79,80)(H,81,82)/t65?,66?,67-,68-,69-/m1/s1. The van der Waals surface area contributed by atoms with E-state index in [1.165, 1.54) is 161 Å². The first-order valence-electron chi connectivity index (χ1n) is 37.8. The molecule has 0 aliphatic heterocycles. The minimum Gasteiger partial charge on any atom is -0.462 e. The number of phosphoric acid groups is 2. The van der Waals surface area contributed by atoms with Crippen LogP contribution in [0.2, 0.25) is 0 Å². The lowest BCUT2D eigenvalue weighted by molar-refractivity contribution is -0.161. The number of phosphoric ester groups is 2. The van der Waals surface area contributed by atoms with Crippen LogP contribution in [0.3, 0.4) is 0 Å². The van der Waals surface area contributed by atoms with Crippen molar-refractivity contribution in [2.75, 3.05) is 39.6 Å². The van der Waals surface area contributed by atoms with Crippen molar-refractivity contribution in [2.24, 2.45) is 23.7 Å². The second kappa shape index (κ2) is 62.6. The molecule has 92 heavy (non-hydrogen) atoms. The van der Waals surface area contributed by atoms with Crippen LogP contribution >= 0.6 is 15.6 Å². The molecular weight excluding hydrogens is 1210 g/mol. The monoisotopic (exact) mass is 1350 g/mol. The Bertz CT molecular complexity index is 1820. The Kier molecular flexibility index (Phi) is 61.3. The van der Waals surface area contributed by atoms with Gasteiger partial charge in [0.25, 0.3) is 0 Å². The van der Waals surface area contributed by atoms with Crippen LogP contribution in [0.5, 0.6) is 0 Å². The van der Waals surface area contributed by atoms with Crippen LogP contribution in [0, 0.1) is 23.7 Å². The Morgan fingerprint density at radius 3 is 0.772 bits per heavy atom. The van der Waals surface area contributed by atoms with Crippen LogP contribution in [-0.2, 0) is 65.4 Å². The maximum absolute atomic E-state index is 13.1. The lowest BCUT2D eigenvalue weighted by Gasteiger charge is -2.21. The number of carbonyl (C=O) groups is 4. The molecule has 0 aromatic heterocycles. The van der Waals surface area contributed by atoms with Gasteiger partial charge in [-0.15, -0.1) is 0 Å². The van der Waals surface area contributed by atoms with Gasteiger partial charge >= 0.3 is 39.5 Å². The second-order valence-corrected chi connectivity index (χ2v) is 30.7. The zero-order valence-electron chi connectivity index (χ0n) is 60.2. The minimum atomic E-state index is -4.96. The van der Waals surface area contributed by atoms with Gasteiger partial charge in [-0.05, 0) is 49.4 Å². The van der Waals surface area contributed by atoms with E-state index < -0.39 is 97.5 Å². The van der Waals surface area contributed by atoms with Gasteiger partial charge in [0.15, 0.2) is 12.2 Å². The molecule has 3 N–H and O–H groups in total. The van der Waals surface area contributed by atoms with Crippen LogP contribution in [0.25, 0.3) is 0 Å². The summed E-state index contributed by atoms with van der Waals surface area (Å²) in [7, 11) is -9.91. The zero-order chi connectivity index (χ0) is 68.2. The molecule has 0 saturated heterocycles. The molecule has 0 radical (unpaired) electrons. The van der Waals surface area contributed by atoms with Crippen LogP contribution in [0.15, 0.2) is 0 Å². The summed E-state index contributed by atoms with van der Waals surface area (Å²) in [6.07, 6.45) is 45.8. The number of rotatable bonds is 70. The predicted molar refractivity (Wildman–Crippen MR) is 372 cm³/mol. The molecule has 17 nitrogen and oxygen atoms in total. The smallest absolute Gasteiger partial charge is 0.462 e. The normalized spacial score (nSPS) is 14.8. The van der Waals surface area contributed by atoms with Crippen LogP contribution in [0.4, 0.5) is 0 Å². The van der Waals surface area contributed by atoms with Gasteiger partial charge in [0.2, 0.25) is 0 Å². The van der Waals surface area contributed by atoms with Gasteiger partial charge in [-0.3, -0.25) is 37.3 Å². The highest BCUT2D eigenvalue weighted by Gasteiger charge is 2.30. The van der Waals surface area contributed by atoms with E-state index in [1.54, 1.807) is 0 Å². The Balaban J connectivity index is 5.25. The van der Waals surface area contributed by atoms with Crippen molar-refractivity contribution < 1.29 is 80.2 Å². The Morgan fingerprint density at radius 1 is 0.304 bits per heavy atom. The quantitative estimate of drug-likeness (QED) is 0.0222. The molecule has 4 unspecified atom stereocenters. The Morgan fingerprint density at radius 2 is 0.522 bits per heavy atom. The van der Waals surface area contributed by atoms with E-state index in [9.17, 15) is 43.2 Å². The lowest BCUT2D eigenvalue weighted by atomic mass is 9.99. The molecule has 0 saturated carbocycles. The third kappa shape index (κ3) is 64.1. The van der Waals surface area contributed by atoms with E-state index in [4.69, 9.17) is 37.0 Å². The number of hydrogen-bond donors (Lipinski definition) is 3. The van der Waals surface area contributed by atoms with Gasteiger partial charge in [0.05, 0.1) is 26.4 Å². The second-order valence-electron chi connectivity index (χ2n) is 27.8. The van der Waals surface area contributed by atoms with Crippen LogP contribution in [-0.4, -0.2) is 96.7 Å². The summed E-state index contributed by atoms with van der Waals surface area (Å²) >= 11 is 0. The topological polar surface area (TPSA) is 237 Å². The van der Waals surface area contributed by atoms with Crippen molar-refractivity contribution in [3.8, 4) is 0 Å². The molecule has 7 atom stereocenters. The average Bonchev–Trinajstić information content (AvgIpc) is 3.73. The van der Waals surface area contributed by atoms with Gasteiger partial charge in [0.1, 0.15) is 19.3 Å². The molecule has 0 fully saturated rings. The first-order chi connectivity index (χ1) is 44.2. The number of aliphatic hydroxyl groups excluding tert-OH is 1. The van der Waals surface area contributed by atoms with Crippen molar-refractivity contribution in [1.29, 1.82) is 0 Å². The Hall–Kier alpha value is -1.94. The number of carbonyl (C=O) groups excluding carboxylic acids is 4. The predicted octanol–water partition coefficient (Wildman–Crippen LogP) is 20.9. The van der Waals surface area contributed by atoms with Gasteiger partial charge in [-0.1, -0.05) is 312 Å². The summed E-state index contributed by atoms with van der Waals surface area (Å²) < 4.78 is 68.4. The van der Waals surface area contributed by atoms with Gasteiger partial charge in [-0.25, -0.2) is 9.13 Å². The molecule has 0 aromatic carbocycles. The van der Waals surface area contributed by atoms with E-state index in [0.29, 0.717) is 25.7 Å². The molecule has 0 aromatic rings. The van der Waals surface area contributed by atoms with Crippen molar-refractivity contribution in [2.45, 2.75) is 382 Å². The molecule has 0 spiro atoms. The van der Waals surface area contributed by atoms with Crippen molar-refractivity contribution in [3.63, 3.8) is 0 Å². The zero-order valence-corrected chi connectivity index (χ0v) is 62.0. The van der Waals surface area contributed by atoms with Gasteiger partial charge < -0.3 is 33.8 Å². The molecule has 19 heteroatoms. The molecule has 0 aliphatic carbocycles. The van der Waals surface area contributed by atoms with E-state index >= 15 is 0 Å². The maximum Gasteiger partial charge on any atom is 0.472 e. The fourth-order valence-corrected chi connectivity index (χ4v) is 12.5. The van der Waals surface area contributed by atoms with Gasteiger partial charge in [-0.2, -0.15) is 0 Å². The number of ether oxygens (including phenoxy) is 4.